The maximum Gasteiger partial charge on any atom is 0.131 e. The lowest BCUT2D eigenvalue weighted by molar-refractivity contribution is 0.560. The van der Waals surface area contributed by atoms with Gasteiger partial charge >= 0.3 is 0 Å². The van der Waals surface area contributed by atoms with E-state index in [0.29, 0.717) is 0 Å². The number of nitrogens with one attached hydrogen (secondary N) is 1. The number of hydrogen-bond donors (Lipinski definition) is 1. The van der Waals surface area contributed by atoms with E-state index in [1.807, 2.05) is 53.4 Å². The molecule has 1 heterocycles. The molecule has 3 rings (SSSR count). The van der Waals surface area contributed by atoms with Crippen molar-refractivity contribution in [1.29, 1.82) is 0 Å². The summed E-state index contributed by atoms with van der Waals surface area (Å²) in [5.74, 6) is -1.08. The number of hydrogen-bond acceptors (Lipinski definition) is 1. The Morgan fingerprint density at radius 3 is 2.24 bits per heavy atom. The molecule has 0 bridgehead atoms. The summed E-state index contributed by atoms with van der Waals surface area (Å²) in [5, 5.41) is 3.05. The van der Waals surface area contributed by atoms with Gasteiger partial charge < -0.3 is 9.88 Å². The fourth-order valence-electron chi connectivity index (χ4n) is 2.17. The SMILES string of the molecule is Fc1cccc(F)c1CNc1cccc(-n2cccc2)c1. The molecule has 0 saturated carbocycles. The lowest BCUT2D eigenvalue weighted by atomic mass is 10.2. The second kappa shape index (κ2) is 5.79. The van der Waals surface area contributed by atoms with Crippen LogP contribution in [0, 0.1) is 11.6 Å². The Balaban J connectivity index is 1.78. The molecule has 0 atom stereocenters. The first kappa shape index (κ1) is 13.4. The summed E-state index contributed by atoms with van der Waals surface area (Å²) in [6.45, 7) is 0.105. The van der Waals surface area contributed by atoms with Gasteiger partial charge in [-0.15, -0.1) is 0 Å². The highest BCUT2D eigenvalue weighted by molar-refractivity contribution is 5.51. The number of halogens is 2. The van der Waals surface area contributed by atoms with E-state index < -0.39 is 11.6 Å². The highest BCUT2D eigenvalue weighted by Gasteiger charge is 2.07. The first-order valence-corrected chi connectivity index (χ1v) is 6.64. The quantitative estimate of drug-likeness (QED) is 0.753. The van der Waals surface area contributed by atoms with Crippen molar-refractivity contribution < 1.29 is 8.78 Å². The fraction of sp³-hybridized carbons (Fsp3) is 0.0588. The summed E-state index contributed by atoms with van der Waals surface area (Å²) in [6.07, 6.45) is 3.88. The minimum absolute atomic E-state index is 0.0452. The average molecular weight is 284 g/mol. The van der Waals surface area contributed by atoms with Crippen LogP contribution < -0.4 is 5.32 Å². The van der Waals surface area contributed by atoms with Gasteiger partial charge in [-0.05, 0) is 42.5 Å². The highest BCUT2D eigenvalue weighted by atomic mass is 19.1. The Morgan fingerprint density at radius 2 is 1.52 bits per heavy atom. The van der Waals surface area contributed by atoms with Crippen LogP contribution in [0.4, 0.5) is 14.5 Å². The largest absolute Gasteiger partial charge is 0.381 e. The minimum atomic E-state index is -0.538. The Labute approximate surface area is 121 Å². The summed E-state index contributed by atoms with van der Waals surface area (Å²) >= 11 is 0. The molecule has 0 radical (unpaired) electrons. The van der Waals surface area contributed by atoms with Gasteiger partial charge in [0.25, 0.3) is 0 Å². The number of nitrogens with zero attached hydrogens (tertiary/aromatic N) is 1. The molecule has 3 aromatic rings. The molecule has 1 N–H and O–H groups in total. The van der Waals surface area contributed by atoms with Crippen LogP contribution in [0.25, 0.3) is 5.69 Å². The molecule has 2 nitrogen and oxygen atoms in total. The van der Waals surface area contributed by atoms with Crippen LogP contribution in [-0.4, -0.2) is 4.57 Å². The number of benzene rings is 2. The third-order valence-corrected chi connectivity index (χ3v) is 3.28. The van der Waals surface area contributed by atoms with Gasteiger partial charge in [0.05, 0.1) is 0 Å². The predicted octanol–water partition coefficient (Wildman–Crippen LogP) is 4.37. The van der Waals surface area contributed by atoms with Gasteiger partial charge in [0.1, 0.15) is 11.6 Å². The van der Waals surface area contributed by atoms with Crippen LogP contribution in [0.5, 0.6) is 0 Å². The van der Waals surface area contributed by atoms with Crippen molar-refractivity contribution in [3.05, 3.63) is 84.2 Å². The van der Waals surface area contributed by atoms with Gasteiger partial charge in [0, 0.05) is 35.9 Å². The number of rotatable bonds is 4. The van der Waals surface area contributed by atoms with Crippen LogP contribution in [0.2, 0.25) is 0 Å². The van der Waals surface area contributed by atoms with E-state index in [1.165, 1.54) is 18.2 Å². The van der Waals surface area contributed by atoms with Gasteiger partial charge in [0.2, 0.25) is 0 Å². The summed E-state index contributed by atoms with van der Waals surface area (Å²) < 4.78 is 29.1. The van der Waals surface area contributed by atoms with E-state index >= 15 is 0 Å². The van der Waals surface area contributed by atoms with Gasteiger partial charge in [-0.3, -0.25) is 0 Å². The van der Waals surface area contributed by atoms with Crippen molar-refractivity contribution in [1.82, 2.24) is 4.57 Å². The van der Waals surface area contributed by atoms with Crippen molar-refractivity contribution >= 4 is 5.69 Å². The molecule has 0 fully saturated rings. The van der Waals surface area contributed by atoms with E-state index in [9.17, 15) is 8.78 Å². The second-order valence-corrected chi connectivity index (χ2v) is 4.69. The summed E-state index contributed by atoms with van der Waals surface area (Å²) in [5.41, 5.74) is 1.84. The molecule has 0 spiro atoms. The molecule has 0 unspecified atom stereocenters. The van der Waals surface area contributed by atoms with Gasteiger partial charge in [-0.1, -0.05) is 12.1 Å². The van der Waals surface area contributed by atoms with E-state index in [1.54, 1.807) is 0 Å². The Morgan fingerprint density at radius 1 is 0.857 bits per heavy atom. The molecule has 4 heteroatoms. The molecule has 1 aromatic heterocycles. The van der Waals surface area contributed by atoms with Crippen molar-refractivity contribution in [2.24, 2.45) is 0 Å². The minimum Gasteiger partial charge on any atom is -0.381 e. The Bertz CT molecular complexity index is 716. The molecule has 0 aliphatic carbocycles. The summed E-state index contributed by atoms with van der Waals surface area (Å²) in [7, 11) is 0. The smallest absolute Gasteiger partial charge is 0.131 e. The lowest BCUT2D eigenvalue weighted by Crippen LogP contribution is -2.05. The molecule has 0 aliphatic heterocycles. The summed E-state index contributed by atoms with van der Waals surface area (Å²) in [4.78, 5) is 0. The molecular weight excluding hydrogens is 270 g/mol. The fourth-order valence-corrected chi connectivity index (χ4v) is 2.17. The van der Waals surface area contributed by atoms with E-state index in [-0.39, 0.29) is 12.1 Å². The van der Waals surface area contributed by atoms with Crippen molar-refractivity contribution in [2.45, 2.75) is 6.54 Å². The van der Waals surface area contributed by atoms with Crippen LogP contribution in [0.15, 0.2) is 67.0 Å². The maximum atomic E-state index is 13.6. The molecule has 106 valence electrons. The zero-order chi connectivity index (χ0) is 14.7. The van der Waals surface area contributed by atoms with Crippen LogP contribution in [0.1, 0.15) is 5.56 Å². The molecule has 21 heavy (non-hydrogen) atoms. The molecule has 2 aromatic carbocycles. The van der Waals surface area contributed by atoms with Crippen LogP contribution in [0.3, 0.4) is 0 Å². The number of aromatic nitrogens is 1. The monoisotopic (exact) mass is 284 g/mol. The van der Waals surface area contributed by atoms with E-state index in [2.05, 4.69) is 5.32 Å². The maximum absolute atomic E-state index is 13.6. The van der Waals surface area contributed by atoms with Crippen LogP contribution >= 0.6 is 0 Å². The van der Waals surface area contributed by atoms with Crippen LogP contribution in [-0.2, 0) is 6.54 Å². The average Bonchev–Trinajstić information content (AvgIpc) is 3.01. The van der Waals surface area contributed by atoms with Crippen molar-refractivity contribution in [3.63, 3.8) is 0 Å². The zero-order valence-electron chi connectivity index (χ0n) is 11.3. The molecule has 0 aliphatic rings. The molecule has 0 saturated heterocycles. The molecule has 0 amide bonds. The first-order chi connectivity index (χ1) is 10.2. The highest BCUT2D eigenvalue weighted by Crippen LogP contribution is 2.18. The van der Waals surface area contributed by atoms with E-state index in [0.717, 1.165) is 11.4 Å². The third-order valence-electron chi connectivity index (χ3n) is 3.28. The molecular formula is C17H14F2N2. The zero-order valence-corrected chi connectivity index (χ0v) is 11.3. The number of anilines is 1. The Hall–Kier alpha value is -2.62. The normalized spacial score (nSPS) is 10.6. The topological polar surface area (TPSA) is 17.0 Å². The standard InChI is InChI=1S/C17H14F2N2/c18-16-7-4-8-17(19)15(16)12-20-13-5-3-6-14(11-13)21-9-1-2-10-21/h1-11,20H,12H2. The van der Waals surface area contributed by atoms with Crippen molar-refractivity contribution in [3.8, 4) is 5.69 Å². The van der Waals surface area contributed by atoms with E-state index in [4.69, 9.17) is 0 Å². The van der Waals surface area contributed by atoms with Gasteiger partial charge in [-0.25, -0.2) is 8.78 Å². The predicted molar refractivity (Wildman–Crippen MR) is 79.5 cm³/mol. The third kappa shape index (κ3) is 2.94. The van der Waals surface area contributed by atoms with Gasteiger partial charge in [-0.2, -0.15) is 0 Å². The lowest BCUT2D eigenvalue weighted by Gasteiger charge is -2.10. The summed E-state index contributed by atoms with van der Waals surface area (Å²) in [6, 6.07) is 15.4. The second-order valence-electron chi connectivity index (χ2n) is 4.69. The van der Waals surface area contributed by atoms with Gasteiger partial charge in [0.15, 0.2) is 0 Å². The first-order valence-electron chi connectivity index (χ1n) is 6.64. The Kier molecular flexibility index (Phi) is 3.69. The van der Waals surface area contributed by atoms with Crippen molar-refractivity contribution in [2.75, 3.05) is 5.32 Å².